The highest BCUT2D eigenvalue weighted by Gasteiger charge is 2.48. The zero-order chi connectivity index (χ0) is 13.3. The van der Waals surface area contributed by atoms with Crippen LogP contribution in [-0.4, -0.2) is 61.5 Å². The maximum Gasteiger partial charge on any atom is 0.236 e. The number of piperidine rings is 1. The summed E-state index contributed by atoms with van der Waals surface area (Å²) in [5, 5.41) is 2.96. The molecule has 2 aliphatic heterocycles. The smallest absolute Gasteiger partial charge is 0.236 e. The maximum atomic E-state index is 11.8. The molecule has 0 unspecified atom stereocenters. The average Bonchev–Trinajstić information content (AvgIpc) is 2.90. The first-order valence-electron chi connectivity index (χ1n) is 7.89. The molecule has 19 heavy (non-hydrogen) atoms. The topological polar surface area (TPSA) is 35.6 Å². The molecule has 0 radical (unpaired) electrons. The summed E-state index contributed by atoms with van der Waals surface area (Å²) in [5.41, 5.74) is 0.587. The molecule has 1 saturated carbocycles. The van der Waals surface area contributed by atoms with Gasteiger partial charge in [0.05, 0.1) is 6.54 Å². The Morgan fingerprint density at radius 2 is 1.79 bits per heavy atom. The van der Waals surface area contributed by atoms with Gasteiger partial charge in [0.2, 0.25) is 5.91 Å². The number of likely N-dealkylation sites (N-methyl/N-ethyl adjacent to an activating group) is 1. The Kier molecular flexibility index (Phi) is 3.81. The van der Waals surface area contributed by atoms with Gasteiger partial charge in [0.15, 0.2) is 0 Å². The second-order valence-corrected chi connectivity index (χ2v) is 6.72. The molecule has 3 aliphatic rings. The molecular formula is C15H27N3O. The van der Waals surface area contributed by atoms with E-state index in [0.29, 0.717) is 12.0 Å². The predicted octanol–water partition coefficient (Wildman–Crippen LogP) is 1.07. The maximum absolute atomic E-state index is 11.8. The lowest BCUT2D eigenvalue weighted by molar-refractivity contribution is -0.134. The highest BCUT2D eigenvalue weighted by Crippen LogP contribution is 2.51. The molecule has 0 aromatic rings. The molecule has 0 aromatic heterocycles. The molecular weight excluding hydrogens is 238 g/mol. The Balaban J connectivity index is 1.45. The number of amides is 1. The molecule has 3 fully saturated rings. The van der Waals surface area contributed by atoms with Crippen LogP contribution in [0.5, 0.6) is 0 Å². The quantitative estimate of drug-likeness (QED) is 0.829. The lowest BCUT2D eigenvalue weighted by atomic mass is 9.60. The normalized spacial score (nSPS) is 27.7. The molecule has 1 amide bonds. The monoisotopic (exact) mass is 265 g/mol. The zero-order valence-electron chi connectivity index (χ0n) is 12.2. The van der Waals surface area contributed by atoms with Gasteiger partial charge in [0.1, 0.15) is 0 Å². The second-order valence-electron chi connectivity index (χ2n) is 6.72. The molecule has 1 spiro atoms. The van der Waals surface area contributed by atoms with Crippen LogP contribution < -0.4 is 5.32 Å². The Morgan fingerprint density at radius 1 is 1.16 bits per heavy atom. The highest BCUT2D eigenvalue weighted by atomic mass is 16.2. The molecule has 4 heteroatoms. The molecule has 3 rings (SSSR count). The van der Waals surface area contributed by atoms with Crippen LogP contribution in [0.1, 0.15) is 38.5 Å². The number of hydrogen-bond donors (Lipinski definition) is 1. The Morgan fingerprint density at radius 3 is 2.37 bits per heavy atom. The summed E-state index contributed by atoms with van der Waals surface area (Å²) in [4.78, 5) is 16.6. The van der Waals surface area contributed by atoms with E-state index < -0.39 is 0 Å². The van der Waals surface area contributed by atoms with E-state index in [4.69, 9.17) is 0 Å². The summed E-state index contributed by atoms with van der Waals surface area (Å²) >= 11 is 0. The number of carbonyl (C=O) groups is 1. The van der Waals surface area contributed by atoms with Gasteiger partial charge in [-0.05, 0) is 64.1 Å². The van der Waals surface area contributed by atoms with Gasteiger partial charge in [-0.2, -0.15) is 0 Å². The van der Waals surface area contributed by atoms with Crippen molar-refractivity contribution < 1.29 is 4.79 Å². The fourth-order valence-electron chi connectivity index (χ4n) is 4.21. The Labute approximate surface area is 116 Å². The summed E-state index contributed by atoms with van der Waals surface area (Å²) in [5.74, 6) is 0.271. The summed E-state index contributed by atoms with van der Waals surface area (Å²) in [6.07, 6.45) is 8.04. The molecule has 0 bridgehead atoms. The highest BCUT2D eigenvalue weighted by molar-refractivity contribution is 5.78. The predicted molar refractivity (Wildman–Crippen MR) is 76.0 cm³/mol. The minimum atomic E-state index is 0.271. The Hall–Kier alpha value is -0.610. The molecule has 4 nitrogen and oxygen atoms in total. The number of hydrogen-bond acceptors (Lipinski definition) is 3. The summed E-state index contributed by atoms with van der Waals surface area (Å²) in [7, 11) is 1.84. The third-order valence-corrected chi connectivity index (χ3v) is 5.50. The van der Waals surface area contributed by atoms with Crippen molar-refractivity contribution in [3.8, 4) is 0 Å². The minimum Gasteiger partial charge on any atom is -0.342 e. The van der Waals surface area contributed by atoms with E-state index in [1.807, 2.05) is 11.9 Å². The van der Waals surface area contributed by atoms with Crippen molar-refractivity contribution in [2.45, 2.75) is 44.6 Å². The van der Waals surface area contributed by atoms with E-state index in [-0.39, 0.29) is 5.91 Å². The van der Waals surface area contributed by atoms with Gasteiger partial charge in [-0.25, -0.2) is 0 Å². The number of nitrogens with zero attached hydrogens (tertiary/aromatic N) is 2. The van der Waals surface area contributed by atoms with Crippen molar-refractivity contribution in [1.29, 1.82) is 0 Å². The summed E-state index contributed by atoms with van der Waals surface area (Å²) < 4.78 is 0. The summed E-state index contributed by atoms with van der Waals surface area (Å²) in [6, 6.07) is 0.863. The molecule has 2 saturated heterocycles. The van der Waals surface area contributed by atoms with Crippen LogP contribution in [-0.2, 0) is 4.79 Å². The van der Waals surface area contributed by atoms with Crippen LogP contribution in [0.4, 0.5) is 0 Å². The van der Waals surface area contributed by atoms with Gasteiger partial charge in [-0.3, -0.25) is 4.79 Å². The third kappa shape index (κ3) is 2.65. The third-order valence-electron chi connectivity index (χ3n) is 5.50. The summed E-state index contributed by atoms with van der Waals surface area (Å²) in [6.45, 7) is 5.10. The fourth-order valence-corrected chi connectivity index (χ4v) is 4.21. The first-order valence-corrected chi connectivity index (χ1v) is 7.89. The minimum absolute atomic E-state index is 0.271. The van der Waals surface area contributed by atoms with Gasteiger partial charge in [0.25, 0.3) is 0 Å². The fraction of sp³-hybridized carbons (Fsp3) is 0.933. The molecule has 1 N–H and O–H groups in total. The first kappa shape index (κ1) is 13.4. The molecule has 0 atom stereocenters. The van der Waals surface area contributed by atoms with E-state index in [2.05, 4.69) is 10.2 Å². The van der Waals surface area contributed by atoms with Crippen molar-refractivity contribution in [3.63, 3.8) is 0 Å². The van der Waals surface area contributed by atoms with Crippen molar-refractivity contribution in [2.24, 2.45) is 5.41 Å². The lowest BCUT2D eigenvalue weighted by Gasteiger charge is -2.54. The molecule has 0 aromatic carbocycles. The van der Waals surface area contributed by atoms with Crippen LogP contribution in [0.2, 0.25) is 0 Å². The van der Waals surface area contributed by atoms with Crippen molar-refractivity contribution >= 4 is 5.91 Å². The van der Waals surface area contributed by atoms with E-state index in [1.54, 1.807) is 0 Å². The van der Waals surface area contributed by atoms with Crippen LogP contribution in [0.3, 0.4) is 0 Å². The SMILES string of the molecule is CNCC(=O)N1CCC2(CC1)CC(N1CCCC1)C2. The number of likely N-dealkylation sites (tertiary alicyclic amines) is 2. The van der Waals surface area contributed by atoms with Crippen LogP contribution in [0.15, 0.2) is 0 Å². The van der Waals surface area contributed by atoms with Crippen molar-refractivity contribution in [3.05, 3.63) is 0 Å². The van der Waals surface area contributed by atoms with Crippen LogP contribution >= 0.6 is 0 Å². The lowest BCUT2D eigenvalue weighted by Crippen LogP contribution is -2.55. The molecule has 108 valence electrons. The van der Waals surface area contributed by atoms with Crippen molar-refractivity contribution in [1.82, 2.24) is 15.1 Å². The largest absolute Gasteiger partial charge is 0.342 e. The van der Waals surface area contributed by atoms with Crippen molar-refractivity contribution in [2.75, 3.05) is 39.8 Å². The van der Waals surface area contributed by atoms with Crippen LogP contribution in [0, 0.1) is 5.41 Å². The van der Waals surface area contributed by atoms with Gasteiger partial charge >= 0.3 is 0 Å². The van der Waals surface area contributed by atoms with Gasteiger partial charge in [0, 0.05) is 19.1 Å². The second kappa shape index (κ2) is 5.41. The van der Waals surface area contributed by atoms with Gasteiger partial charge in [-0.1, -0.05) is 0 Å². The van der Waals surface area contributed by atoms with E-state index in [0.717, 1.165) is 19.1 Å². The zero-order valence-corrected chi connectivity index (χ0v) is 12.2. The standard InChI is InChI=1S/C15H27N3O/c1-16-12-14(19)18-8-4-15(5-9-18)10-13(11-15)17-6-2-3-7-17/h13,16H,2-12H2,1H3. The van der Waals surface area contributed by atoms with E-state index >= 15 is 0 Å². The molecule has 2 heterocycles. The number of rotatable bonds is 3. The Bertz CT molecular complexity index is 322. The van der Waals surface area contributed by atoms with Gasteiger partial charge < -0.3 is 15.1 Å². The number of carbonyl (C=O) groups excluding carboxylic acids is 1. The average molecular weight is 265 g/mol. The first-order chi connectivity index (χ1) is 9.22. The van der Waals surface area contributed by atoms with Crippen LogP contribution in [0.25, 0.3) is 0 Å². The van der Waals surface area contributed by atoms with E-state index in [9.17, 15) is 4.79 Å². The van der Waals surface area contributed by atoms with E-state index in [1.165, 1.54) is 51.6 Å². The molecule has 1 aliphatic carbocycles. The van der Waals surface area contributed by atoms with Gasteiger partial charge in [-0.15, -0.1) is 0 Å². The number of nitrogens with one attached hydrogen (secondary N) is 1.